The molecular weight excluding hydrogens is 407 g/mol. The maximum absolute atomic E-state index is 14.0. The maximum Gasteiger partial charge on any atom is 0.237 e. The Morgan fingerprint density at radius 2 is 1.90 bits per heavy atom. The van der Waals surface area contributed by atoms with Gasteiger partial charge >= 0.3 is 0 Å². The molecule has 3 N–H and O–H groups in total. The van der Waals surface area contributed by atoms with Crippen molar-refractivity contribution in [3.8, 4) is 11.3 Å². The second-order valence-electron chi connectivity index (χ2n) is 7.86. The lowest BCUT2D eigenvalue weighted by Crippen LogP contribution is -2.53. The van der Waals surface area contributed by atoms with Crippen LogP contribution in [0.2, 0.25) is 0 Å². The fourth-order valence-electron chi connectivity index (χ4n) is 3.96. The number of imidazole rings is 1. The smallest absolute Gasteiger partial charge is 0.237 e. The molecule has 0 atom stereocenters. The van der Waals surface area contributed by atoms with Gasteiger partial charge in [0.15, 0.2) is 11.6 Å². The lowest BCUT2D eigenvalue weighted by molar-refractivity contribution is -0.137. The SMILES string of the molecule is CC1(C)c2nc(-c3ccc(F)c(F)c3)c(Nc3cccc(F)c3)n2CCN1C(=O)CN. The first-order chi connectivity index (χ1) is 14.7. The highest BCUT2D eigenvalue weighted by molar-refractivity contribution is 5.80. The molecular formula is C22H22F3N5O. The van der Waals surface area contributed by atoms with Gasteiger partial charge < -0.3 is 20.5 Å². The molecule has 1 amide bonds. The van der Waals surface area contributed by atoms with E-state index in [0.29, 0.717) is 41.7 Å². The van der Waals surface area contributed by atoms with Crippen LogP contribution < -0.4 is 11.1 Å². The minimum Gasteiger partial charge on any atom is -0.340 e. The van der Waals surface area contributed by atoms with Crippen molar-refractivity contribution in [2.45, 2.75) is 25.9 Å². The van der Waals surface area contributed by atoms with Crippen LogP contribution in [0.4, 0.5) is 24.7 Å². The van der Waals surface area contributed by atoms with Crippen LogP contribution in [-0.2, 0) is 16.9 Å². The molecule has 0 fully saturated rings. The number of rotatable bonds is 4. The average molecular weight is 429 g/mol. The Kier molecular flexibility index (Phi) is 5.22. The first kappa shape index (κ1) is 20.9. The van der Waals surface area contributed by atoms with Gasteiger partial charge in [0.25, 0.3) is 0 Å². The van der Waals surface area contributed by atoms with E-state index in [-0.39, 0.29) is 12.5 Å². The number of halogens is 3. The van der Waals surface area contributed by atoms with Crippen LogP contribution in [0.15, 0.2) is 42.5 Å². The van der Waals surface area contributed by atoms with E-state index in [2.05, 4.69) is 5.32 Å². The van der Waals surface area contributed by atoms with E-state index in [9.17, 15) is 18.0 Å². The molecule has 2 aromatic carbocycles. The zero-order valence-electron chi connectivity index (χ0n) is 17.1. The number of amides is 1. The molecule has 0 aliphatic carbocycles. The Morgan fingerprint density at radius 1 is 1.13 bits per heavy atom. The molecule has 1 aliphatic heterocycles. The fraction of sp³-hybridized carbons (Fsp3) is 0.273. The van der Waals surface area contributed by atoms with Crippen LogP contribution in [0.3, 0.4) is 0 Å². The van der Waals surface area contributed by atoms with Crippen molar-refractivity contribution >= 4 is 17.4 Å². The van der Waals surface area contributed by atoms with Crippen molar-refractivity contribution in [2.24, 2.45) is 5.73 Å². The second-order valence-corrected chi connectivity index (χ2v) is 7.86. The van der Waals surface area contributed by atoms with Gasteiger partial charge in [-0.2, -0.15) is 0 Å². The topological polar surface area (TPSA) is 76.2 Å². The Morgan fingerprint density at radius 3 is 2.58 bits per heavy atom. The highest BCUT2D eigenvalue weighted by Gasteiger charge is 2.41. The molecule has 0 saturated carbocycles. The van der Waals surface area contributed by atoms with E-state index in [0.717, 1.165) is 12.1 Å². The van der Waals surface area contributed by atoms with Gasteiger partial charge in [0, 0.05) is 24.3 Å². The third kappa shape index (κ3) is 3.65. The van der Waals surface area contributed by atoms with Crippen molar-refractivity contribution in [3.63, 3.8) is 0 Å². The second kappa shape index (κ2) is 7.73. The predicted molar refractivity (Wildman–Crippen MR) is 111 cm³/mol. The lowest BCUT2D eigenvalue weighted by Gasteiger charge is -2.42. The van der Waals surface area contributed by atoms with Gasteiger partial charge in [0.05, 0.1) is 12.1 Å². The first-order valence-electron chi connectivity index (χ1n) is 9.82. The average Bonchev–Trinajstić information content (AvgIpc) is 3.09. The molecule has 2 heterocycles. The summed E-state index contributed by atoms with van der Waals surface area (Å²) in [6.45, 7) is 4.36. The largest absolute Gasteiger partial charge is 0.340 e. The fourth-order valence-corrected chi connectivity index (χ4v) is 3.96. The molecule has 4 rings (SSSR count). The highest BCUT2D eigenvalue weighted by atomic mass is 19.2. The van der Waals surface area contributed by atoms with Crippen molar-refractivity contribution in [3.05, 3.63) is 65.7 Å². The van der Waals surface area contributed by atoms with Crippen LogP contribution in [0.1, 0.15) is 19.7 Å². The Labute approximate surface area is 177 Å². The van der Waals surface area contributed by atoms with Crippen LogP contribution in [0.5, 0.6) is 0 Å². The van der Waals surface area contributed by atoms with Gasteiger partial charge in [-0.15, -0.1) is 0 Å². The number of carbonyl (C=O) groups is 1. The van der Waals surface area contributed by atoms with Gasteiger partial charge in [0.2, 0.25) is 5.91 Å². The van der Waals surface area contributed by atoms with Crippen LogP contribution in [0.25, 0.3) is 11.3 Å². The normalized spacial score (nSPS) is 15.0. The summed E-state index contributed by atoms with van der Waals surface area (Å²) in [6.07, 6.45) is 0. The monoisotopic (exact) mass is 429 g/mol. The molecule has 0 radical (unpaired) electrons. The summed E-state index contributed by atoms with van der Waals surface area (Å²) in [5.41, 5.74) is 5.97. The molecule has 0 spiro atoms. The summed E-state index contributed by atoms with van der Waals surface area (Å²) in [5, 5.41) is 3.17. The van der Waals surface area contributed by atoms with E-state index in [1.165, 1.54) is 18.2 Å². The Hall–Kier alpha value is -3.33. The van der Waals surface area contributed by atoms with E-state index in [1.807, 2.05) is 18.4 Å². The highest BCUT2D eigenvalue weighted by Crippen LogP contribution is 2.39. The molecule has 0 bridgehead atoms. The molecule has 0 unspecified atom stereocenters. The zero-order valence-corrected chi connectivity index (χ0v) is 17.1. The van der Waals surface area contributed by atoms with Crippen molar-refractivity contribution in [1.82, 2.24) is 14.5 Å². The van der Waals surface area contributed by atoms with E-state index in [4.69, 9.17) is 10.7 Å². The molecule has 1 aromatic heterocycles. The van der Waals surface area contributed by atoms with Crippen LogP contribution in [-0.4, -0.2) is 33.4 Å². The maximum atomic E-state index is 14.0. The first-order valence-corrected chi connectivity index (χ1v) is 9.82. The van der Waals surface area contributed by atoms with Crippen molar-refractivity contribution < 1.29 is 18.0 Å². The lowest BCUT2D eigenvalue weighted by atomic mass is 9.99. The number of nitrogens with two attached hydrogens (primary N) is 1. The van der Waals surface area contributed by atoms with Gasteiger partial charge in [-0.1, -0.05) is 6.07 Å². The number of hydrogen-bond donors (Lipinski definition) is 2. The summed E-state index contributed by atoms with van der Waals surface area (Å²) < 4.78 is 43.1. The number of carbonyl (C=O) groups excluding carboxylic acids is 1. The van der Waals surface area contributed by atoms with Gasteiger partial charge in [0.1, 0.15) is 23.2 Å². The quantitative estimate of drug-likeness (QED) is 0.663. The number of nitrogens with zero attached hydrogens (tertiary/aromatic N) is 3. The number of aromatic nitrogens is 2. The van der Waals surface area contributed by atoms with Crippen LogP contribution in [0, 0.1) is 17.5 Å². The molecule has 9 heteroatoms. The number of benzene rings is 2. The van der Waals surface area contributed by atoms with Gasteiger partial charge in [-0.25, -0.2) is 18.2 Å². The van der Waals surface area contributed by atoms with Crippen molar-refractivity contribution in [1.29, 1.82) is 0 Å². The standard InChI is InChI=1S/C22H22F3N5O/c1-22(2)21-28-19(13-6-7-16(24)17(25)10-13)20(27-15-5-3-4-14(23)11-15)29(21)8-9-30(22)18(31)12-26/h3-7,10-11,27H,8-9,12,26H2,1-2H3. The number of nitrogens with one attached hydrogen (secondary N) is 1. The summed E-state index contributed by atoms with van der Waals surface area (Å²) >= 11 is 0. The Balaban J connectivity index is 1.89. The molecule has 1 aliphatic rings. The third-order valence-corrected chi connectivity index (χ3v) is 5.49. The zero-order chi connectivity index (χ0) is 22.3. The van der Waals surface area contributed by atoms with E-state index < -0.39 is 23.0 Å². The number of hydrogen-bond acceptors (Lipinski definition) is 4. The molecule has 6 nitrogen and oxygen atoms in total. The van der Waals surface area contributed by atoms with E-state index in [1.54, 1.807) is 17.0 Å². The minimum atomic E-state index is -1.00. The van der Waals surface area contributed by atoms with Gasteiger partial charge in [-0.3, -0.25) is 4.79 Å². The summed E-state index contributed by atoms with van der Waals surface area (Å²) in [6, 6.07) is 9.43. The molecule has 31 heavy (non-hydrogen) atoms. The molecule has 0 saturated heterocycles. The van der Waals surface area contributed by atoms with E-state index >= 15 is 0 Å². The summed E-state index contributed by atoms with van der Waals surface area (Å²) in [7, 11) is 0. The third-order valence-electron chi connectivity index (χ3n) is 5.49. The Bertz CT molecular complexity index is 1160. The van der Waals surface area contributed by atoms with Gasteiger partial charge in [-0.05, 0) is 50.2 Å². The minimum absolute atomic E-state index is 0.130. The number of anilines is 2. The predicted octanol–water partition coefficient (Wildman–Crippen LogP) is 3.75. The summed E-state index contributed by atoms with van der Waals surface area (Å²) in [4.78, 5) is 18.7. The summed E-state index contributed by atoms with van der Waals surface area (Å²) in [5.74, 6) is -1.54. The molecule has 3 aromatic rings. The number of fused-ring (bicyclic) bond motifs is 1. The van der Waals surface area contributed by atoms with Crippen molar-refractivity contribution in [2.75, 3.05) is 18.4 Å². The van der Waals surface area contributed by atoms with Crippen LogP contribution >= 0.6 is 0 Å². The molecule has 162 valence electrons.